The van der Waals surface area contributed by atoms with E-state index in [0.717, 1.165) is 44.9 Å². The zero-order chi connectivity index (χ0) is 13.4. The van der Waals surface area contributed by atoms with Gasteiger partial charge >= 0.3 is 0 Å². The lowest BCUT2D eigenvalue weighted by atomic mass is 10.2. The highest BCUT2D eigenvalue weighted by atomic mass is 32.2. The van der Waals surface area contributed by atoms with Gasteiger partial charge in [-0.3, -0.25) is 9.69 Å². The van der Waals surface area contributed by atoms with Crippen molar-refractivity contribution in [3.05, 3.63) is 0 Å². The SMILES string of the molecule is CSCC[C@H](N)C(=O)NCCN1CCN(C)CC1. The van der Waals surface area contributed by atoms with Crippen LogP contribution in [0.2, 0.25) is 0 Å². The van der Waals surface area contributed by atoms with Gasteiger partial charge in [-0.25, -0.2) is 0 Å². The Morgan fingerprint density at radius 1 is 1.39 bits per heavy atom. The van der Waals surface area contributed by atoms with E-state index in [2.05, 4.69) is 22.2 Å². The molecule has 6 heteroatoms. The highest BCUT2D eigenvalue weighted by Crippen LogP contribution is 1.99. The van der Waals surface area contributed by atoms with E-state index in [-0.39, 0.29) is 11.9 Å². The summed E-state index contributed by atoms with van der Waals surface area (Å²) in [6.07, 6.45) is 2.78. The van der Waals surface area contributed by atoms with Gasteiger partial charge in [-0.1, -0.05) is 0 Å². The highest BCUT2D eigenvalue weighted by Gasteiger charge is 2.15. The number of amides is 1. The number of carbonyl (C=O) groups is 1. The standard InChI is InChI=1S/C12H26N4OS/c1-15-6-8-16(9-7-15)5-4-14-12(17)11(13)3-10-18-2/h11H,3-10,13H2,1-2H3,(H,14,17)/t11-/m0/s1. The molecule has 5 nitrogen and oxygen atoms in total. The summed E-state index contributed by atoms with van der Waals surface area (Å²) in [6, 6.07) is -0.357. The summed E-state index contributed by atoms with van der Waals surface area (Å²) in [5, 5.41) is 2.92. The molecule has 0 aromatic carbocycles. The van der Waals surface area contributed by atoms with Crippen molar-refractivity contribution >= 4 is 17.7 Å². The number of hydrogen-bond donors (Lipinski definition) is 2. The fourth-order valence-electron chi connectivity index (χ4n) is 1.92. The van der Waals surface area contributed by atoms with E-state index in [0.29, 0.717) is 6.54 Å². The van der Waals surface area contributed by atoms with Crippen LogP contribution in [0, 0.1) is 0 Å². The van der Waals surface area contributed by atoms with Crippen LogP contribution in [0.5, 0.6) is 0 Å². The molecule has 0 aliphatic carbocycles. The quantitative estimate of drug-likeness (QED) is 0.651. The monoisotopic (exact) mass is 274 g/mol. The number of rotatable bonds is 7. The molecule has 0 radical (unpaired) electrons. The normalized spacial score (nSPS) is 19.7. The van der Waals surface area contributed by atoms with Crippen LogP contribution in [-0.2, 0) is 4.79 Å². The molecule has 1 rings (SSSR count). The second kappa shape index (κ2) is 8.74. The minimum absolute atomic E-state index is 0.0156. The summed E-state index contributed by atoms with van der Waals surface area (Å²) in [5.74, 6) is 0.922. The third-order valence-electron chi connectivity index (χ3n) is 3.29. The molecule has 3 N–H and O–H groups in total. The van der Waals surface area contributed by atoms with Crippen molar-refractivity contribution < 1.29 is 4.79 Å². The smallest absolute Gasteiger partial charge is 0.236 e. The Bertz CT molecular complexity index is 244. The molecule has 0 bridgehead atoms. The van der Waals surface area contributed by atoms with E-state index in [1.165, 1.54) is 0 Å². The highest BCUT2D eigenvalue weighted by molar-refractivity contribution is 7.98. The maximum Gasteiger partial charge on any atom is 0.236 e. The van der Waals surface area contributed by atoms with E-state index >= 15 is 0 Å². The van der Waals surface area contributed by atoms with Crippen molar-refractivity contribution in [2.75, 3.05) is 58.3 Å². The maximum atomic E-state index is 11.7. The molecule has 1 aliphatic rings. The van der Waals surface area contributed by atoms with Gasteiger partial charge in [0.15, 0.2) is 0 Å². The van der Waals surface area contributed by atoms with Gasteiger partial charge in [0.05, 0.1) is 6.04 Å². The molecule has 0 saturated carbocycles. The average molecular weight is 274 g/mol. The van der Waals surface area contributed by atoms with Gasteiger partial charge in [0.2, 0.25) is 5.91 Å². The molecule has 18 heavy (non-hydrogen) atoms. The number of piperazine rings is 1. The summed E-state index contributed by atoms with van der Waals surface area (Å²) < 4.78 is 0. The van der Waals surface area contributed by atoms with E-state index in [9.17, 15) is 4.79 Å². The van der Waals surface area contributed by atoms with Crippen molar-refractivity contribution in [3.8, 4) is 0 Å². The second-order valence-corrected chi connectivity index (χ2v) is 5.81. The first kappa shape index (κ1) is 15.8. The van der Waals surface area contributed by atoms with Crippen molar-refractivity contribution in [1.82, 2.24) is 15.1 Å². The Morgan fingerprint density at radius 2 is 2.06 bits per heavy atom. The van der Waals surface area contributed by atoms with E-state index in [4.69, 9.17) is 5.73 Å². The van der Waals surface area contributed by atoms with Gasteiger partial charge in [-0.15, -0.1) is 0 Å². The van der Waals surface area contributed by atoms with Gasteiger partial charge in [-0.2, -0.15) is 11.8 Å². The molecule has 1 heterocycles. The minimum Gasteiger partial charge on any atom is -0.353 e. The molecule has 1 amide bonds. The molecule has 1 fully saturated rings. The van der Waals surface area contributed by atoms with Crippen LogP contribution >= 0.6 is 11.8 Å². The molecule has 0 spiro atoms. The third kappa shape index (κ3) is 6.04. The van der Waals surface area contributed by atoms with E-state index < -0.39 is 0 Å². The van der Waals surface area contributed by atoms with Gasteiger partial charge < -0.3 is 16.0 Å². The van der Waals surface area contributed by atoms with Crippen LogP contribution < -0.4 is 11.1 Å². The van der Waals surface area contributed by atoms with Crippen molar-refractivity contribution in [1.29, 1.82) is 0 Å². The first-order chi connectivity index (χ1) is 8.63. The lowest BCUT2D eigenvalue weighted by molar-refractivity contribution is -0.122. The summed E-state index contributed by atoms with van der Waals surface area (Å²) in [5.41, 5.74) is 5.80. The first-order valence-electron chi connectivity index (χ1n) is 6.56. The average Bonchev–Trinajstić information content (AvgIpc) is 2.38. The fourth-order valence-corrected chi connectivity index (χ4v) is 2.41. The minimum atomic E-state index is -0.357. The van der Waals surface area contributed by atoms with Gasteiger partial charge in [0, 0.05) is 39.3 Å². The number of thioether (sulfide) groups is 1. The van der Waals surface area contributed by atoms with Crippen molar-refractivity contribution in [3.63, 3.8) is 0 Å². The van der Waals surface area contributed by atoms with Crippen LogP contribution in [-0.4, -0.2) is 80.1 Å². The van der Waals surface area contributed by atoms with E-state index in [1.54, 1.807) is 11.8 Å². The molecule has 0 aromatic heterocycles. The lowest BCUT2D eigenvalue weighted by Gasteiger charge is -2.32. The summed E-state index contributed by atoms with van der Waals surface area (Å²) in [7, 11) is 2.14. The topological polar surface area (TPSA) is 61.6 Å². The summed E-state index contributed by atoms with van der Waals surface area (Å²) in [4.78, 5) is 16.4. The summed E-state index contributed by atoms with van der Waals surface area (Å²) >= 11 is 1.72. The predicted octanol–water partition coefficient (Wildman–Crippen LogP) is -0.570. The molecule has 1 aliphatic heterocycles. The Morgan fingerprint density at radius 3 is 2.67 bits per heavy atom. The number of nitrogens with zero attached hydrogens (tertiary/aromatic N) is 2. The Hall–Kier alpha value is -0.300. The van der Waals surface area contributed by atoms with Crippen LogP contribution in [0.15, 0.2) is 0 Å². The predicted molar refractivity (Wildman–Crippen MR) is 77.9 cm³/mol. The van der Waals surface area contributed by atoms with Gasteiger partial charge in [0.1, 0.15) is 0 Å². The molecule has 0 aromatic rings. The maximum absolute atomic E-state index is 11.7. The molecule has 1 atom stereocenters. The van der Waals surface area contributed by atoms with Crippen molar-refractivity contribution in [2.24, 2.45) is 5.73 Å². The second-order valence-electron chi connectivity index (χ2n) is 4.82. The molecule has 1 saturated heterocycles. The molecular formula is C12H26N4OS. The zero-order valence-electron chi connectivity index (χ0n) is 11.5. The zero-order valence-corrected chi connectivity index (χ0v) is 12.3. The number of nitrogens with one attached hydrogen (secondary N) is 1. The van der Waals surface area contributed by atoms with Gasteiger partial charge in [-0.05, 0) is 25.5 Å². The van der Waals surface area contributed by atoms with E-state index in [1.807, 2.05) is 6.26 Å². The fraction of sp³-hybridized carbons (Fsp3) is 0.917. The van der Waals surface area contributed by atoms with Crippen molar-refractivity contribution in [2.45, 2.75) is 12.5 Å². The molecule has 106 valence electrons. The Labute approximate surface area is 114 Å². The number of hydrogen-bond acceptors (Lipinski definition) is 5. The number of likely N-dealkylation sites (N-methyl/N-ethyl adjacent to an activating group) is 1. The first-order valence-corrected chi connectivity index (χ1v) is 7.96. The van der Waals surface area contributed by atoms with Gasteiger partial charge in [0.25, 0.3) is 0 Å². The van der Waals surface area contributed by atoms with Crippen LogP contribution in [0.25, 0.3) is 0 Å². The largest absolute Gasteiger partial charge is 0.353 e. The van der Waals surface area contributed by atoms with Crippen LogP contribution in [0.4, 0.5) is 0 Å². The Balaban J connectivity index is 2.08. The third-order valence-corrected chi connectivity index (χ3v) is 3.94. The molecular weight excluding hydrogens is 248 g/mol. The summed E-state index contributed by atoms with van der Waals surface area (Å²) in [6.45, 7) is 6.03. The Kier molecular flexibility index (Phi) is 7.65. The van der Waals surface area contributed by atoms with Crippen LogP contribution in [0.1, 0.15) is 6.42 Å². The lowest BCUT2D eigenvalue weighted by Crippen LogP contribution is -2.48. The van der Waals surface area contributed by atoms with Crippen LogP contribution in [0.3, 0.4) is 0 Å². The molecule has 0 unspecified atom stereocenters. The number of nitrogens with two attached hydrogens (primary N) is 1. The number of carbonyl (C=O) groups excluding carboxylic acids is 1.